The Bertz CT molecular complexity index is 1100. The van der Waals surface area contributed by atoms with Crippen LogP contribution in [0.2, 0.25) is 0 Å². The molecule has 0 heterocycles. The number of alkyl halides is 5. The van der Waals surface area contributed by atoms with Crippen LogP contribution in [-0.2, 0) is 0 Å². The predicted octanol–water partition coefficient (Wildman–Crippen LogP) is 6.55. The largest absolute Gasteiger partial charge is 0.573 e. The van der Waals surface area contributed by atoms with E-state index in [1.165, 1.54) is 45.6 Å². The first-order valence-electron chi connectivity index (χ1n) is 9.41. The number of hydrogen-bond acceptors (Lipinski definition) is 5. The van der Waals surface area contributed by atoms with Crippen LogP contribution in [0.5, 0.6) is 28.7 Å². The van der Waals surface area contributed by atoms with E-state index in [-0.39, 0.29) is 34.1 Å². The number of hydrogen-bond donors (Lipinski definition) is 0. The molecule has 33 heavy (non-hydrogen) atoms. The number of ether oxygens (including phenoxy) is 5. The molecule has 0 N–H and O–H groups in total. The molecule has 0 bridgehead atoms. The van der Waals surface area contributed by atoms with Crippen LogP contribution in [0.25, 0.3) is 22.3 Å². The highest BCUT2D eigenvalue weighted by atomic mass is 19.4. The van der Waals surface area contributed by atoms with Crippen molar-refractivity contribution in [3.8, 4) is 51.0 Å². The van der Waals surface area contributed by atoms with Crippen molar-refractivity contribution < 1.29 is 45.6 Å². The zero-order valence-electron chi connectivity index (χ0n) is 17.7. The summed E-state index contributed by atoms with van der Waals surface area (Å²) in [4.78, 5) is 0. The highest BCUT2D eigenvalue weighted by molar-refractivity contribution is 5.92. The minimum atomic E-state index is -5.03. The summed E-state index contributed by atoms with van der Waals surface area (Å²) in [5, 5.41) is 0. The van der Waals surface area contributed by atoms with Gasteiger partial charge in [0.1, 0.15) is 0 Å². The van der Waals surface area contributed by atoms with Crippen molar-refractivity contribution in [2.45, 2.75) is 13.0 Å². The average molecular weight is 470 g/mol. The molecule has 0 aromatic heterocycles. The lowest BCUT2D eigenvalue weighted by molar-refractivity contribution is -0.274. The van der Waals surface area contributed by atoms with Crippen LogP contribution >= 0.6 is 0 Å². The average Bonchev–Trinajstić information content (AvgIpc) is 2.77. The first-order valence-corrected chi connectivity index (χ1v) is 9.41. The number of halogens is 5. The highest BCUT2D eigenvalue weighted by Crippen LogP contribution is 2.52. The van der Waals surface area contributed by atoms with Crippen molar-refractivity contribution in [2.75, 3.05) is 21.3 Å². The zero-order valence-corrected chi connectivity index (χ0v) is 17.7. The minimum Gasteiger partial charge on any atom is -0.493 e. The van der Waals surface area contributed by atoms with Gasteiger partial charge >= 0.3 is 13.0 Å². The number of benzene rings is 3. The van der Waals surface area contributed by atoms with E-state index in [1.54, 1.807) is 30.3 Å². The molecular formula is C23H19F5O5. The molecule has 10 heteroatoms. The van der Waals surface area contributed by atoms with Crippen LogP contribution in [0.3, 0.4) is 0 Å². The van der Waals surface area contributed by atoms with Gasteiger partial charge in [0.05, 0.1) is 21.3 Å². The molecule has 0 aliphatic heterocycles. The van der Waals surface area contributed by atoms with Gasteiger partial charge < -0.3 is 23.7 Å². The van der Waals surface area contributed by atoms with E-state index in [0.29, 0.717) is 11.1 Å². The summed E-state index contributed by atoms with van der Waals surface area (Å²) in [7, 11) is 3.71. The molecule has 176 valence electrons. The molecule has 0 saturated heterocycles. The summed E-state index contributed by atoms with van der Waals surface area (Å²) in [5.74, 6) is -1.18. The Hall–Kier alpha value is -3.69. The summed E-state index contributed by atoms with van der Waals surface area (Å²) in [6.45, 7) is -3.09. The van der Waals surface area contributed by atoms with Gasteiger partial charge in [-0.2, -0.15) is 8.78 Å². The number of rotatable bonds is 8. The van der Waals surface area contributed by atoms with Crippen LogP contribution in [0.15, 0.2) is 54.6 Å². The van der Waals surface area contributed by atoms with E-state index in [2.05, 4.69) is 9.47 Å². The third-order valence-corrected chi connectivity index (χ3v) is 4.60. The van der Waals surface area contributed by atoms with Gasteiger partial charge in [0.15, 0.2) is 23.0 Å². The maximum atomic E-state index is 13.4. The molecule has 3 aromatic carbocycles. The maximum Gasteiger partial charge on any atom is 0.573 e. The Balaban J connectivity index is 2.36. The molecule has 0 aliphatic rings. The lowest BCUT2D eigenvalue weighted by Gasteiger charge is -2.22. The van der Waals surface area contributed by atoms with Gasteiger partial charge in [0, 0.05) is 5.56 Å². The Kier molecular flexibility index (Phi) is 7.15. The summed E-state index contributed by atoms with van der Waals surface area (Å²) >= 11 is 0. The Morgan fingerprint density at radius 3 is 1.91 bits per heavy atom. The van der Waals surface area contributed by atoms with Crippen molar-refractivity contribution >= 4 is 0 Å². The molecule has 5 nitrogen and oxygen atoms in total. The van der Waals surface area contributed by atoms with Crippen molar-refractivity contribution in [1.29, 1.82) is 0 Å². The minimum absolute atomic E-state index is 0.0293. The first-order chi connectivity index (χ1) is 15.7. The van der Waals surface area contributed by atoms with E-state index in [4.69, 9.17) is 14.2 Å². The molecule has 3 rings (SSSR count). The Morgan fingerprint density at radius 2 is 1.36 bits per heavy atom. The fourth-order valence-electron chi connectivity index (χ4n) is 3.32. The molecule has 0 amide bonds. The van der Waals surface area contributed by atoms with Gasteiger partial charge in [0.2, 0.25) is 5.75 Å². The van der Waals surface area contributed by atoms with Crippen molar-refractivity contribution in [3.63, 3.8) is 0 Å². The van der Waals surface area contributed by atoms with Crippen molar-refractivity contribution in [2.24, 2.45) is 0 Å². The summed E-state index contributed by atoms with van der Waals surface area (Å²) in [6, 6.07) is 13.7. The summed E-state index contributed by atoms with van der Waals surface area (Å²) in [5.41, 5.74) is 1.02. The predicted molar refractivity (Wildman–Crippen MR) is 110 cm³/mol. The van der Waals surface area contributed by atoms with Crippen molar-refractivity contribution in [1.82, 2.24) is 0 Å². The fraction of sp³-hybridized carbons (Fsp3) is 0.217. The van der Waals surface area contributed by atoms with Crippen LogP contribution in [0.4, 0.5) is 22.0 Å². The second-order valence-electron chi connectivity index (χ2n) is 6.52. The summed E-state index contributed by atoms with van der Waals surface area (Å²) in [6.07, 6.45) is -5.03. The van der Waals surface area contributed by atoms with Gasteiger partial charge in [-0.15, -0.1) is 13.2 Å². The van der Waals surface area contributed by atoms with E-state index in [9.17, 15) is 22.0 Å². The zero-order chi connectivity index (χ0) is 24.2. The molecule has 0 unspecified atom stereocenters. The normalized spacial score (nSPS) is 11.3. The molecule has 0 spiro atoms. The van der Waals surface area contributed by atoms with Crippen LogP contribution in [-0.4, -0.2) is 34.3 Å². The van der Waals surface area contributed by atoms with Crippen LogP contribution in [0, 0.1) is 0 Å². The van der Waals surface area contributed by atoms with E-state index < -0.39 is 18.7 Å². The quantitative estimate of drug-likeness (QED) is 0.350. The Morgan fingerprint density at radius 1 is 0.697 bits per heavy atom. The SMILES string of the molecule is COc1cc(-c2cc(OC)c(OC)c(OC(F)(F)F)c2-c2ccccc2)ccc1OC(F)F. The fourth-order valence-corrected chi connectivity index (χ4v) is 3.32. The monoisotopic (exact) mass is 470 g/mol. The molecule has 0 saturated carbocycles. The van der Waals surface area contributed by atoms with Gasteiger partial charge in [0.25, 0.3) is 0 Å². The molecule has 0 aliphatic carbocycles. The smallest absolute Gasteiger partial charge is 0.493 e. The maximum absolute atomic E-state index is 13.4. The van der Waals surface area contributed by atoms with Crippen molar-refractivity contribution in [3.05, 3.63) is 54.6 Å². The topological polar surface area (TPSA) is 46.2 Å². The van der Waals surface area contributed by atoms with Gasteiger partial charge in [-0.1, -0.05) is 36.4 Å². The lowest BCUT2D eigenvalue weighted by Crippen LogP contribution is -2.18. The summed E-state index contributed by atoms with van der Waals surface area (Å²) < 4.78 is 90.0. The molecule has 0 radical (unpaired) electrons. The van der Waals surface area contributed by atoms with Crippen LogP contribution in [0.1, 0.15) is 0 Å². The number of methoxy groups -OCH3 is 3. The third kappa shape index (κ3) is 5.39. The van der Waals surface area contributed by atoms with E-state index in [0.717, 1.165) is 0 Å². The Labute approximate surface area is 186 Å². The van der Waals surface area contributed by atoms with Gasteiger partial charge in [-0.05, 0) is 34.9 Å². The molecule has 0 atom stereocenters. The standard InChI is InChI=1S/C23H19F5O5/c1-29-17-11-14(9-10-16(17)32-22(24)25)15-12-18(30-2)20(31-3)21(33-23(26,27)28)19(15)13-7-5-4-6-8-13/h4-12,22H,1-3H3. The second kappa shape index (κ2) is 9.85. The second-order valence-corrected chi connectivity index (χ2v) is 6.52. The lowest BCUT2D eigenvalue weighted by atomic mass is 9.92. The first kappa shape index (κ1) is 24.0. The highest BCUT2D eigenvalue weighted by Gasteiger charge is 2.36. The third-order valence-electron chi connectivity index (χ3n) is 4.60. The van der Waals surface area contributed by atoms with E-state index >= 15 is 0 Å². The van der Waals surface area contributed by atoms with Gasteiger partial charge in [-0.3, -0.25) is 0 Å². The molecule has 0 fully saturated rings. The molecular weight excluding hydrogens is 451 g/mol. The van der Waals surface area contributed by atoms with Crippen LogP contribution < -0.4 is 23.7 Å². The molecule has 3 aromatic rings. The van der Waals surface area contributed by atoms with Gasteiger partial charge in [-0.25, -0.2) is 0 Å². The van der Waals surface area contributed by atoms with E-state index in [1.807, 2.05) is 0 Å².